The van der Waals surface area contributed by atoms with Crippen molar-refractivity contribution in [1.29, 1.82) is 0 Å². The normalized spacial score (nSPS) is 21.0. The maximum absolute atomic E-state index is 11.7. The van der Waals surface area contributed by atoms with E-state index in [4.69, 9.17) is 9.52 Å². The molecule has 1 aromatic rings. The molecule has 0 unspecified atom stereocenters. The van der Waals surface area contributed by atoms with Crippen molar-refractivity contribution in [3.05, 3.63) is 11.8 Å². The number of carbonyl (C=O) groups excluding carboxylic acids is 1. The van der Waals surface area contributed by atoms with Crippen molar-refractivity contribution in [1.82, 2.24) is 15.5 Å². The van der Waals surface area contributed by atoms with Gasteiger partial charge < -0.3 is 14.8 Å². The average Bonchev–Trinajstić information content (AvgIpc) is 3.08. The topological polar surface area (TPSA) is 105 Å². The molecule has 0 saturated heterocycles. The van der Waals surface area contributed by atoms with E-state index in [2.05, 4.69) is 15.5 Å². The van der Waals surface area contributed by atoms with Crippen molar-refractivity contribution in [2.75, 3.05) is 0 Å². The first-order valence-electron chi connectivity index (χ1n) is 7.89. The molecule has 0 bridgehead atoms. The van der Waals surface area contributed by atoms with E-state index in [1.165, 1.54) is 0 Å². The molecule has 7 nitrogen and oxygen atoms in total. The summed E-state index contributed by atoms with van der Waals surface area (Å²) in [5.41, 5.74) is 0. The molecule has 2 atom stereocenters. The van der Waals surface area contributed by atoms with Crippen LogP contribution in [0.4, 0.5) is 0 Å². The van der Waals surface area contributed by atoms with Gasteiger partial charge in [0, 0.05) is 31.7 Å². The standard InChI is InChI=1S/C15H23N3O4/c1-2-13-17-18-14(22-13)9-10-6-7-11(8-10)16-12(19)4-3-5-15(20)21/h10-11H,2-9H2,1H3,(H,16,19)(H,20,21)/t10-,11+/m1/s1. The van der Waals surface area contributed by atoms with E-state index in [-0.39, 0.29) is 24.8 Å². The van der Waals surface area contributed by atoms with Crippen molar-refractivity contribution in [3.63, 3.8) is 0 Å². The molecule has 122 valence electrons. The molecule has 2 rings (SSSR count). The Morgan fingerprint density at radius 1 is 1.27 bits per heavy atom. The number of aryl methyl sites for hydroxylation is 1. The molecule has 1 amide bonds. The van der Waals surface area contributed by atoms with Gasteiger partial charge in [0.2, 0.25) is 17.7 Å². The minimum atomic E-state index is -0.861. The van der Waals surface area contributed by atoms with Crippen LogP contribution in [0.5, 0.6) is 0 Å². The SMILES string of the molecule is CCc1nnc(C[C@@H]2CC[C@H](NC(=O)CCCC(=O)O)C2)o1. The third-order valence-corrected chi connectivity index (χ3v) is 3.98. The summed E-state index contributed by atoms with van der Waals surface area (Å²) >= 11 is 0. The molecule has 1 aliphatic rings. The fourth-order valence-electron chi connectivity index (χ4n) is 2.85. The maximum atomic E-state index is 11.7. The third kappa shape index (κ3) is 5.13. The van der Waals surface area contributed by atoms with Gasteiger partial charge in [-0.05, 0) is 31.6 Å². The minimum absolute atomic E-state index is 0.0393. The number of rotatable bonds is 8. The number of amides is 1. The van der Waals surface area contributed by atoms with Gasteiger partial charge in [0.15, 0.2) is 0 Å². The molecule has 1 aliphatic carbocycles. The first kappa shape index (κ1) is 16.5. The number of nitrogens with zero attached hydrogens (tertiary/aromatic N) is 2. The summed E-state index contributed by atoms with van der Waals surface area (Å²) in [6, 6.07) is 0.177. The highest BCUT2D eigenvalue weighted by Gasteiger charge is 2.27. The van der Waals surface area contributed by atoms with E-state index in [0.29, 0.717) is 24.1 Å². The van der Waals surface area contributed by atoms with Gasteiger partial charge in [0.25, 0.3) is 0 Å². The van der Waals surface area contributed by atoms with Crippen LogP contribution in [-0.2, 0) is 22.4 Å². The van der Waals surface area contributed by atoms with Crippen LogP contribution in [0.2, 0.25) is 0 Å². The number of aromatic nitrogens is 2. The molecular weight excluding hydrogens is 286 g/mol. The summed E-state index contributed by atoms with van der Waals surface area (Å²) in [4.78, 5) is 22.2. The largest absolute Gasteiger partial charge is 0.481 e. The fraction of sp³-hybridized carbons (Fsp3) is 0.733. The van der Waals surface area contributed by atoms with Crippen molar-refractivity contribution in [2.24, 2.45) is 5.92 Å². The number of hydrogen-bond acceptors (Lipinski definition) is 5. The highest BCUT2D eigenvalue weighted by atomic mass is 16.4. The van der Waals surface area contributed by atoms with Gasteiger partial charge in [-0.15, -0.1) is 10.2 Å². The lowest BCUT2D eigenvalue weighted by Gasteiger charge is -2.12. The lowest BCUT2D eigenvalue weighted by Crippen LogP contribution is -2.32. The van der Waals surface area contributed by atoms with Crippen molar-refractivity contribution in [3.8, 4) is 0 Å². The molecule has 1 aromatic heterocycles. The number of aliphatic carboxylic acids is 1. The molecule has 2 N–H and O–H groups in total. The molecule has 0 aliphatic heterocycles. The van der Waals surface area contributed by atoms with Crippen LogP contribution in [0, 0.1) is 5.92 Å². The fourth-order valence-corrected chi connectivity index (χ4v) is 2.85. The first-order chi connectivity index (χ1) is 10.6. The Kier molecular flexibility index (Phi) is 5.91. The van der Waals surface area contributed by atoms with E-state index in [9.17, 15) is 9.59 Å². The van der Waals surface area contributed by atoms with Gasteiger partial charge in [-0.3, -0.25) is 9.59 Å². The Balaban J connectivity index is 1.68. The summed E-state index contributed by atoms with van der Waals surface area (Å²) in [5.74, 6) is 0.874. The van der Waals surface area contributed by atoms with Gasteiger partial charge in [0.05, 0.1) is 0 Å². The van der Waals surface area contributed by atoms with Crippen LogP contribution >= 0.6 is 0 Å². The molecule has 0 spiro atoms. The predicted molar refractivity (Wildman–Crippen MR) is 78.1 cm³/mol. The monoisotopic (exact) mass is 309 g/mol. The van der Waals surface area contributed by atoms with Gasteiger partial charge in [-0.25, -0.2) is 0 Å². The predicted octanol–water partition coefficient (Wildman–Crippen LogP) is 1.71. The number of carboxylic acid groups (broad SMARTS) is 1. The van der Waals surface area contributed by atoms with Gasteiger partial charge in [0.1, 0.15) is 0 Å². The summed E-state index contributed by atoms with van der Waals surface area (Å²) < 4.78 is 5.52. The minimum Gasteiger partial charge on any atom is -0.481 e. The van der Waals surface area contributed by atoms with Crippen LogP contribution in [0.15, 0.2) is 4.42 Å². The Bertz CT molecular complexity index is 515. The lowest BCUT2D eigenvalue weighted by atomic mass is 10.0. The summed E-state index contributed by atoms with van der Waals surface area (Å²) in [7, 11) is 0. The Morgan fingerprint density at radius 2 is 2.05 bits per heavy atom. The maximum Gasteiger partial charge on any atom is 0.303 e. The molecule has 1 saturated carbocycles. The number of hydrogen-bond donors (Lipinski definition) is 2. The highest BCUT2D eigenvalue weighted by Crippen LogP contribution is 2.28. The zero-order valence-corrected chi connectivity index (χ0v) is 12.9. The lowest BCUT2D eigenvalue weighted by molar-refractivity contribution is -0.137. The van der Waals surface area contributed by atoms with Crippen LogP contribution in [0.25, 0.3) is 0 Å². The van der Waals surface area contributed by atoms with E-state index in [1.807, 2.05) is 6.92 Å². The van der Waals surface area contributed by atoms with E-state index < -0.39 is 5.97 Å². The van der Waals surface area contributed by atoms with Crippen molar-refractivity contribution in [2.45, 2.75) is 64.3 Å². The molecule has 1 fully saturated rings. The number of nitrogens with one attached hydrogen (secondary N) is 1. The van der Waals surface area contributed by atoms with E-state index >= 15 is 0 Å². The second-order valence-electron chi connectivity index (χ2n) is 5.84. The summed E-state index contributed by atoms with van der Waals surface area (Å²) in [6.45, 7) is 1.97. The summed E-state index contributed by atoms with van der Waals surface area (Å²) in [5, 5.41) is 19.5. The average molecular weight is 309 g/mol. The summed E-state index contributed by atoms with van der Waals surface area (Å²) in [6.07, 6.45) is 5.10. The number of carbonyl (C=O) groups is 2. The number of carboxylic acids is 1. The smallest absolute Gasteiger partial charge is 0.303 e. The van der Waals surface area contributed by atoms with Crippen LogP contribution in [0.1, 0.15) is 57.2 Å². The second kappa shape index (κ2) is 7.91. The molecule has 1 heterocycles. The quantitative estimate of drug-likeness (QED) is 0.757. The van der Waals surface area contributed by atoms with Crippen molar-refractivity contribution < 1.29 is 19.1 Å². The zero-order chi connectivity index (χ0) is 15.9. The van der Waals surface area contributed by atoms with Gasteiger partial charge in [-0.2, -0.15) is 0 Å². The van der Waals surface area contributed by atoms with Crippen LogP contribution in [0.3, 0.4) is 0 Å². The van der Waals surface area contributed by atoms with E-state index in [1.54, 1.807) is 0 Å². The van der Waals surface area contributed by atoms with E-state index in [0.717, 1.165) is 32.1 Å². The second-order valence-corrected chi connectivity index (χ2v) is 5.84. The van der Waals surface area contributed by atoms with Crippen LogP contribution < -0.4 is 5.32 Å². The highest BCUT2D eigenvalue weighted by molar-refractivity contribution is 5.77. The molecular formula is C15H23N3O4. The molecule has 0 aromatic carbocycles. The van der Waals surface area contributed by atoms with Gasteiger partial charge >= 0.3 is 5.97 Å². The third-order valence-electron chi connectivity index (χ3n) is 3.98. The molecule has 22 heavy (non-hydrogen) atoms. The Labute approximate surface area is 129 Å². The molecule has 0 radical (unpaired) electrons. The Morgan fingerprint density at radius 3 is 2.73 bits per heavy atom. The Hall–Kier alpha value is -1.92. The van der Waals surface area contributed by atoms with Crippen LogP contribution in [-0.4, -0.2) is 33.2 Å². The first-order valence-corrected chi connectivity index (χ1v) is 7.89. The van der Waals surface area contributed by atoms with Crippen molar-refractivity contribution >= 4 is 11.9 Å². The zero-order valence-electron chi connectivity index (χ0n) is 12.9. The molecule has 7 heteroatoms. The van der Waals surface area contributed by atoms with Gasteiger partial charge in [-0.1, -0.05) is 6.92 Å².